The molecule has 1 atom stereocenters. The van der Waals surface area contributed by atoms with Crippen LogP contribution in [0.5, 0.6) is 0 Å². The van der Waals surface area contributed by atoms with E-state index in [1.165, 1.54) is 10.9 Å². The van der Waals surface area contributed by atoms with Gasteiger partial charge in [-0.25, -0.2) is 0 Å². The summed E-state index contributed by atoms with van der Waals surface area (Å²) >= 11 is 0. The molecule has 1 aromatic heterocycles. The van der Waals surface area contributed by atoms with Gasteiger partial charge >= 0.3 is 0 Å². The van der Waals surface area contributed by atoms with Gasteiger partial charge in [-0.2, -0.15) is 0 Å². The average Bonchev–Trinajstić information content (AvgIpc) is 3.39. The van der Waals surface area contributed by atoms with Gasteiger partial charge in [0.1, 0.15) is 0 Å². The number of carbonyl (C=O) groups is 2. The van der Waals surface area contributed by atoms with Crippen molar-refractivity contribution in [3.05, 3.63) is 65.9 Å². The van der Waals surface area contributed by atoms with Gasteiger partial charge in [0.05, 0.1) is 0 Å². The predicted molar refractivity (Wildman–Crippen MR) is 124 cm³/mol. The van der Waals surface area contributed by atoms with Crippen LogP contribution in [-0.2, 0) is 9.59 Å². The van der Waals surface area contributed by atoms with E-state index < -0.39 is 0 Å². The maximum atomic E-state index is 12.6. The van der Waals surface area contributed by atoms with E-state index in [0.717, 1.165) is 29.7 Å². The first-order chi connectivity index (χ1) is 15.0. The number of amides is 2. The molecule has 0 saturated carbocycles. The van der Waals surface area contributed by atoms with Crippen molar-refractivity contribution in [2.45, 2.75) is 25.2 Å². The molecule has 6 heteroatoms. The highest BCUT2D eigenvalue weighted by Crippen LogP contribution is 2.31. The summed E-state index contributed by atoms with van der Waals surface area (Å²) in [5, 5.41) is 4.28. The number of aromatic amines is 1. The van der Waals surface area contributed by atoms with Crippen LogP contribution in [0.25, 0.3) is 10.9 Å². The number of likely N-dealkylation sites (tertiary alicyclic amines) is 1. The number of nitrogens with one attached hydrogen (secondary N) is 2. The lowest BCUT2D eigenvalue weighted by molar-refractivity contribution is -0.128. The maximum absolute atomic E-state index is 12.6. The minimum Gasteiger partial charge on any atom is -0.378 e. The quantitative estimate of drug-likeness (QED) is 0.588. The van der Waals surface area contributed by atoms with Gasteiger partial charge in [0.15, 0.2) is 0 Å². The fraction of sp³-hybridized carbons (Fsp3) is 0.360. The van der Waals surface area contributed by atoms with Crippen molar-refractivity contribution in [1.82, 2.24) is 15.2 Å². The van der Waals surface area contributed by atoms with Crippen molar-refractivity contribution in [2.24, 2.45) is 0 Å². The second-order valence-electron chi connectivity index (χ2n) is 8.37. The number of fused-ring (bicyclic) bond motifs is 1. The maximum Gasteiger partial charge on any atom is 0.222 e. The van der Waals surface area contributed by atoms with Crippen LogP contribution >= 0.6 is 0 Å². The Morgan fingerprint density at radius 2 is 1.94 bits per heavy atom. The first-order valence-electron chi connectivity index (χ1n) is 10.9. The summed E-state index contributed by atoms with van der Waals surface area (Å²) in [7, 11) is 4.05. The van der Waals surface area contributed by atoms with E-state index in [9.17, 15) is 9.59 Å². The highest BCUT2D eigenvalue weighted by Gasteiger charge is 2.22. The van der Waals surface area contributed by atoms with Gasteiger partial charge in [-0.15, -0.1) is 0 Å². The van der Waals surface area contributed by atoms with Crippen molar-refractivity contribution in [3.63, 3.8) is 0 Å². The number of benzene rings is 2. The molecule has 0 aliphatic carbocycles. The number of nitrogens with zero attached hydrogens (tertiary/aromatic N) is 2. The molecule has 3 aromatic rings. The van der Waals surface area contributed by atoms with Crippen molar-refractivity contribution in [1.29, 1.82) is 0 Å². The predicted octanol–water partition coefficient (Wildman–Crippen LogP) is 3.49. The monoisotopic (exact) mass is 418 g/mol. The molecular formula is C25H30N4O2. The van der Waals surface area contributed by atoms with Crippen LogP contribution in [0.2, 0.25) is 0 Å². The first-order valence-corrected chi connectivity index (χ1v) is 10.9. The Morgan fingerprint density at radius 1 is 1.16 bits per heavy atom. The highest BCUT2D eigenvalue weighted by molar-refractivity contribution is 5.84. The third kappa shape index (κ3) is 4.74. The summed E-state index contributed by atoms with van der Waals surface area (Å²) in [6.45, 7) is 1.78. The van der Waals surface area contributed by atoms with Crippen LogP contribution in [0.1, 0.15) is 36.3 Å². The molecule has 6 nitrogen and oxygen atoms in total. The molecule has 162 valence electrons. The molecule has 0 bridgehead atoms. The van der Waals surface area contributed by atoms with E-state index in [1.54, 1.807) is 4.90 Å². The molecule has 0 radical (unpaired) electrons. The Kier molecular flexibility index (Phi) is 6.26. The molecule has 1 aliphatic heterocycles. The lowest BCUT2D eigenvalue weighted by atomic mass is 9.90. The molecule has 1 aliphatic rings. The number of hydrogen-bond acceptors (Lipinski definition) is 3. The number of rotatable bonds is 8. The van der Waals surface area contributed by atoms with E-state index in [0.29, 0.717) is 25.9 Å². The normalized spacial score (nSPS) is 14.8. The van der Waals surface area contributed by atoms with Crippen LogP contribution in [0.3, 0.4) is 0 Å². The summed E-state index contributed by atoms with van der Waals surface area (Å²) in [5.74, 6) is 0.171. The van der Waals surface area contributed by atoms with Crippen LogP contribution in [0.15, 0.2) is 54.7 Å². The second kappa shape index (κ2) is 9.25. The topological polar surface area (TPSA) is 68.4 Å². The average molecular weight is 419 g/mol. The molecule has 2 amide bonds. The van der Waals surface area contributed by atoms with E-state index in [4.69, 9.17) is 0 Å². The van der Waals surface area contributed by atoms with E-state index in [1.807, 2.05) is 32.4 Å². The van der Waals surface area contributed by atoms with Gasteiger partial charge in [0.25, 0.3) is 0 Å². The highest BCUT2D eigenvalue weighted by atomic mass is 16.2. The van der Waals surface area contributed by atoms with Gasteiger partial charge in [0, 0.05) is 75.3 Å². The molecule has 2 N–H and O–H groups in total. The zero-order chi connectivity index (χ0) is 21.8. The van der Waals surface area contributed by atoms with Crippen molar-refractivity contribution in [3.8, 4) is 0 Å². The largest absolute Gasteiger partial charge is 0.378 e. The SMILES string of the molecule is CN(C)c1ccc(C(CNC(=O)CCN2CCCC2=O)c2c[nH]c3ccccc23)cc1. The minimum atomic E-state index is -0.0190. The minimum absolute atomic E-state index is 0.0190. The van der Waals surface area contributed by atoms with Crippen molar-refractivity contribution >= 4 is 28.4 Å². The molecule has 1 fully saturated rings. The number of hydrogen-bond donors (Lipinski definition) is 2. The van der Waals surface area contributed by atoms with Crippen LogP contribution in [0.4, 0.5) is 5.69 Å². The Bertz CT molecular complexity index is 1050. The van der Waals surface area contributed by atoms with E-state index in [2.05, 4.69) is 51.6 Å². The van der Waals surface area contributed by atoms with Crippen LogP contribution in [-0.4, -0.2) is 55.4 Å². The Labute approximate surface area is 183 Å². The Morgan fingerprint density at radius 3 is 2.65 bits per heavy atom. The molecule has 2 heterocycles. The second-order valence-corrected chi connectivity index (χ2v) is 8.37. The lowest BCUT2D eigenvalue weighted by Gasteiger charge is -2.20. The summed E-state index contributed by atoms with van der Waals surface area (Å²) in [5.41, 5.74) is 4.56. The van der Waals surface area contributed by atoms with Crippen molar-refractivity contribution in [2.75, 3.05) is 38.6 Å². The van der Waals surface area contributed by atoms with Gasteiger partial charge in [-0.05, 0) is 35.7 Å². The Balaban J connectivity index is 1.51. The molecule has 1 unspecified atom stereocenters. The summed E-state index contributed by atoms with van der Waals surface area (Å²) in [6, 6.07) is 16.7. The molecule has 2 aromatic carbocycles. The summed E-state index contributed by atoms with van der Waals surface area (Å²) in [6.07, 6.45) is 3.88. The van der Waals surface area contributed by atoms with Gasteiger partial charge in [-0.1, -0.05) is 30.3 Å². The standard InChI is InChI=1S/C25H30N4O2/c1-28(2)19-11-9-18(10-12-19)21(22-17-26-23-7-4-3-6-20(22)23)16-27-24(30)13-15-29-14-5-8-25(29)31/h3-4,6-7,9-12,17,21,26H,5,8,13-16H2,1-2H3,(H,27,30). The lowest BCUT2D eigenvalue weighted by Crippen LogP contribution is -2.33. The number of para-hydroxylation sites is 1. The van der Waals surface area contributed by atoms with E-state index in [-0.39, 0.29) is 17.7 Å². The number of H-pyrrole nitrogens is 1. The fourth-order valence-electron chi connectivity index (χ4n) is 4.28. The number of carbonyl (C=O) groups excluding carboxylic acids is 2. The first kappa shape index (κ1) is 21.0. The van der Waals surface area contributed by atoms with E-state index >= 15 is 0 Å². The van der Waals surface area contributed by atoms with Crippen LogP contribution < -0.4 is 10.2 Å². The smallest absolute Gasteiger partial charge is 0.222 e. The Hall–Kier alpha value is -3.28. The fourth-order valence-corrected chi connectivity index (χ4v) is 4.28. The van der Waals surface area contributed by atoms with Gasteiger partial charge in [0.2, 0.25) is 11.8 Å². The molecule has 4 rings (SSSR count). The zero-order valence-corrected chi connectivity index (χ0v) is 18.2. The van der Waals surface area contributed by atoms with Crippen molar-refractivity contribution < 1.29 is 9.59 Å². The molecule has 1 saturated heterocycles. The zero-order valence-electron chi connectivity index (χ0n) is 18.2. The molecule has 0 spiro atoms. The third-order valence-electron chi connectivity index (χ3n) is 6.09. The van der Waals surface area contributed by atoms with Gasteiger partial charge in [-0.3, -0.25) is 9.59 Å². The van der Waals surface area contributed by atoms with Crippen LogP contribution in [0, 0.1) is 0 Å². The molecule has 31 heavy (non-hydrogen) atoms. The third-order valence-corrected chi connectivity index (χ3v) is 6.09. The number of anilines is 1. The summed E-state index contributed by atoms with van der Waals surface area (Å²) < 4.78 is 0. The summed E-state index contributed by atoms with van der Waals surface area (Å²) in [4.78, 5) is 31.6. The van der Waals surface area contributed by atoms with Gasteiger partial charge < -0.3 is 20.1 Å². The number of aromatic nitrogens is 1. The molecular weight excluding hydrogens is 388 g/mol.